The zero-order valence-corrected chi connectivity index (χ0v) is 19.6. The molecule has 0 aromatic carbocycles. The van der Waals surface area contributed by atoms with E-state index in [1.165, 1.54) is 0 Å². The van der Waals surface area contributed by atoms with Gasteiger partial charge in [0.05, 0.1) is 12.5 Å². The van der Waals surface area contributed by atoms with Crippen LogP contribution >= 0.6 is 0 Å². The van der Waals surface area contributed by atoms with Crippen molar-refractivity contribution in [3.63, 3.8) is 0 Å². The first-order valence-corrected chi connectivity index (χ1v) is 12.0. The number of ketones is 1. The van der Waals surface area contributed by atoms with Crippen LogP contribution in [0.5, 0.6) is 0 Å². The van der Waals surface area contributed by atoms with Crippen LogP contribution in [0.25, 0.3) is 0 Å². The number of ether oxygens (including phenoxy) is 1. The zero-order valence-electron chi connectivity index (χ0n) is 19.6. The molecule has 3 rings (SSSR count). The second-order valence-corrected chi connectivity index (χ2v) is 10.2. The van der Waals surface area contributed by atoms with Crippen LogP contribution in [-0.4, -0.2) is 24.6 Å². The summed E-state index contributed by atoms with van der Waals surface area (Å²) >= 11 is 0. The van der Waals surface area contributed by atoms with Gasteiger partial charge in [-0.2, -0.15) is 0 Å². The van der Waals surface area contributed by atoms with Gasteiger partial charge in [0.2, 0.25) is 0 Å². The van der Waals surface area contributed by atoms with Gasteiger partial charge in [-0.15, -0.1) is 0 Å². The van der Waals surface area contributed by atoms with Gasteiger partial charge >= 0.3 is 5.97 Å². The Balaban J connectivity index is 1.72. The summed E-state index contributed by atoms with van der Waals surface area (Å²) in [5.41, 5.74) is 1.92. The standard InChI is InChI=1S/C27H38O4/c1-5-6-7-14-31-25(30)11-8-18(2)21-12-13-27(4)16-22-19(3)15-24(29)26(22)20(17-28)9-10-23(21)27/h8-9,11,15,17-18,21-23,26H,5-7,10,12-14,16H2,1-4H3/b11-8+,20-9-/t18-,21+,22+,23-,26-,27+/m0/s1. The third-order valence-electron chi connectivity index (χ3n) is 8.12. The van der Waals surface area contributed by atoms with Crippen LogP contribution in [0, 0.1) is 35.0 Å². The SMILES string of the molecule is CCCCCOC(=O)/C=C/[C@H](C)[C@H]1CC[C@]2(C)C[C@@H]3C(C)=CC(=O)[C@H]3/C(C=O)=C\C[C@@H]12. The first-order chi connectivity index (χ1) is 14.8. The summed E-state index contributed by atoms with van der Waals surface area (Å²) in [5, 5.41) is 0. The van der Waals surface area contributed by atoms with Crippen LogP contribution in [0.1, 0.15) is 72.6 Å². The molecule has 0 radical (unpaired) electrons. The van der Waals surface area contributed by atoms with Crippen molar-refractivity contribution in [1.29, 1.82) is 0 Å². The van der Waals surface area contributed by atoms with Crippen molar-refractivity contribution in [3.8, 4) is 0 Å². The Morgan fingerprint density at radius 1 is 1.35 bits per heavy atom. The third-order valence-corrected chi connectivity index (χ3v) is 8.12. The zero-order chi connectivity index (χ0) is 22.6. The molecule has 0 aliphatic heterocycles. The van der Waals surface area contributed by atoms with Crippen molar-refractivity contribution in [2.45, 2.75) is 72.6 Å². The molecule has 0 saturated heterocycles. The maximum absolute atomic E-state index is 12.6. The van der Waals surface area contributed by atoms with E-state index in [-0.39, 0.29) is 34.9 Å². The third kappa shape index (κ3) is 5.10. The summed E-state index contributed by atoms with van der Waals surface area (Å²) in [5.74, 6) is 0.848. The number of unbranched alkanes of at least 4 members (excludes halogenated alkanes) is 2. The fourth-order valence-electron chi connectivity index (χ4n) is 6.26. The fraction of sp³-hybridized carbons (Fsp3) is 0.667. The maximum Gasteiger partial charge on any atom is 0.330 e. The van der Waals surface area contributed by atoms with E-state index in [0.29, 0.717) is 24.0 Å². The number of carbonyl (C=O) groups is 3. The van der Waals surface area contributed by atoms with E-state index in [0.717, 1.165) is 56.8 Å². The molecule has 0 unspecified atom stereocenters. The molecule has 3 aliphatic rings. The highest BCUT2D eigenvalue weighted by molar-refractivity contribution is 6.01. The molecule has 4 heteroatoms. The van der Waals surface area contributed by atoms with Gasteiger partial charge < -0.3 is 4.74 Å². The lowest BCUT2D eigenvalue weighted by Gasteiger charge is -2.40. The quantitative estimate of drug-likeness (QED) is 0.219. The predicted octanol–water partition coefficient (Wildman–Crippen LogP) is 5.63. The monoisotopic (exact) mass is 426 g/mol. The second kappa shape index (κ2) is 10.1. The Kier molecular flexibility index (Phi) is 7.72. The van der Waals surface area contributed by atoms with E-state index in [1.807, 2.05) is 19.1 Å². The average Bonchev–Trinajstić information content (AvgIpc) is 3.18. The largest absolute Gasteiger partial charge is 0.463 e. The van der Waals surface area contributed by atoms with Crippen LogP contribution in [-0.2, 0) is 19.1 Å². The molecule has 1 fully saturated rings. The van der Waals surface area contributed by atoms with E-state index >= 15 is 0 Å². The van der Waals surface area contributed by atoms with Gasteiger partial charge in [-0.25, -0.2) is 4.79 Å². The smallest absolute Gasteiger partial charge is 0.330 e. The van der Waals surface area contributed by atoms with E-state index in [2.05, 4.69) is 20.8 Å². The first-order valence-electron chi connectivity index (χ1n) is 12.0. The summed E-state index contributed by atoms with van der Waals surface area (Å²) in [6, 6.07) is 0. The van der Waals surface area contributed by atoms with Crippen LogP contribution in [0.3, 0.4) is 0 Å². The minimum absolute atomic E-state index is 0.0891. The van der Waals surface area contributed by atoms with E-state index in [4.69, 9.17) is 4.74 Å². The Morgan fingerprint density at radius 3 is 2.84 bits per heavy atom. The number of allylic oxidation sites excluding steroid dienone is 5. The van der Waals surface area contributed by atoms with Crippen molar-refractivity contribution in [3.05, 3.63) is 35.5 Å². The normalized spacial score (nSPS) is 35.4. The van der Waals surface area contributed by atoms with Crippen molar-refractivity contribution in [2.24, 2.45) is 35.0 Å². The number of esters is 1. The number of hydrogen-bond acceptors (Lipinski definition) is 4. The summed E-state index contributed by atoms with van der Waals surface area (Å²) in [4.78, 5) is 36.4. The Morgan fingerprint density at radius 2 is 2.13 bits per heavy atom. The van der Waals surface area contributed by atoms with Gasteiger partial charge in [-0.05, 0) is 79.8 Å². The molecule has 3 aliphatic carbocycles. The number of aldehydes is 1. The van der Waals surface area contributed by atoms with Gasteiger partial charge in [0.1, 0.15) is 6.29 Å². The first kappa shape index (κ1) is 23.7. The van der Waals surface area contributed by atoms with Crippen LogP contribution in [0.4, 0.5) is 0 Å². The van der Waals surface area contributed by atoms with E-state index in [1.54, 1.807) is 12.2 Å². The van der Waals surface area contributed by atoms with Crippen molar-refractivity contribution in [1.82, 2.24) is 0 Å². The second-order valence-electron chi connectivity index (χ2n) is 10.2. The molecule has 0 amide bonds. The average molecular weight is 427 g/mol. The molecule has 0 aromatic rings. The molecule has 0 aromatic heterocycles. The molecule has 170 valence electrons. The molecule has 6 atom stereocenters. The molecule has 0 heterocycles. The van der Waals surface area contributed by atoms with Gasteiger partial charge in [-0.1, -0.05) is 51.3 Å². The summed E-state index contributed by atoms with van der Waals surface area (Å²) in [6.07, 6.45) is 15.4. The summed E-state index contributed by atoms with van der Waals surface area (Å²) < 4.78 is 5.31. The molecule has 31 heavy (non-hydrogen) atoms. The lowest BCUT2D eigenvalue weighted by Crippen LogP contribution is -2.34. The number of fused-ring (bicyclic) bond motifs is 2. The van der Waals surface area contributed by atoms with Crippen LogP contribution in [0.2, 0.25) is 0 Å². The van der Waals surface area contributed by atoms with Crippen molar-refractivity contribution < 1.29 is 19.1 Å². The Hall–Kier alpha value is -1.97. The van der Waals surface area contributed by atoms with E-state index < -0.39 is 0 Å². The summed E-state index contributed by atoms with van der Waals surface area (Å²) in [7, 11) is 0. The highest BCUT2D eigenvalue weighted by Crippen LogP contribution is 2.58. The van der Waals surface area contributed by atoms with Gasteiger partial charge in [0, 0.05) is 6.08 Å². The lowest BCUT2D eigenvalue weighted by molar-refractivity contribution is -0.137. The topological polar surface area (TPSA) is 60.4 Å². The summed E-state index contributed by atoms with van der Waals surface area (Å²) in [6.45, 7) is 9.21. The van der Waals surface area contributed by atoms with Crippen molar-refractivity contribution in [2.75, 3.05) is 6.61 Å². The number of carbonyl (C=O) groups excluding carboxylic acids is 3. The van der Waals surface area contributed by atoms with Crippen molar-refractivity contribution >= 4 is 18.0 Å². The lowest BCUT2D eigenvalue weighted by atomic mass is 9.63. The molecular weight excluding hydrogens is 388 g/mol. The minimum atomic E-state index is -0.283. The minimum Gasteiger partial charge on any atom is -0.463 e. The molecule has 0 N–H and O–H groups in total. The Labute approximate surface area is 187 Å². The maximum atomic E-state index is 12.6. The molecule has 4 nitrogen and oxygen atoms in total. The van der Waals surface area contributed by atoms with Crippen LogP contribution in [0.15, 0.2) is 35.5 Å². The highest BCUT2D eigenvalue weighted by Gasteiger charge is 2.50. The van der Waals surface area contributed by atoms with Gasteiger partial charge in [-0.3, -0.25) is 9.59 Å². The highest BCUT2D eigenvalue weighted by atomic mass is 16.5. The van der Waals surface area contributed by atoms with Crippen LogP contribution < -0.4 is 0 Å². The molecular formula is C27H38O4. The Bertz CT molecular complexity index is 789. The van der Waals surface area contributed by atoms with Gasteiger partial charge in [0.15, 0.2) is 5.78 Å². The molecule has 0 bridgehead atoms. The molecule has 1 saturated carbocycles. The predicted molar refractivity (Wildman–Crippen MR) is 122 cm³/mol. The number of rotatable bonds is 8. The number of hydrogen-bond donors (Lipinski definition) is 0. The van der Waals surface area contributed by atoms with Gasteiger partial charge in [0.25, 0.3) is 0 Å². The fourth-order valence-corrected chi connectivity index (χ4v) is 6.26. The molecule has 0 spiro atoms. The van der Waals surface area contributed by atoms with E-state index in [9.17, 15) is 14.4 Å².